The Morgan fingerprint density at radius 3 is 2.67 bits per heavy atom. The second kappa shape index (κ2) is 9.63. The van der Waals surface area contributed by atoms with Crippen LogP contribution in [0.5, 0.6) is 0 Å². The van der Waals surface area contributed by atoms with Gasteiger partial charge < -0.3 is 15.2 Å². The molecule has 0 saturated carbocycles. The van der Waals surface area contributed by atoms with E-state index in [1.54, 1.807) is 21.0 Å². The molecule has 8 nitrogen and oxygen atoms in total. The summed E-state index contributed by atoms with van der Waals surface area (Å²) < 4.78 is 29.9. The van der Waals surface area contributed by atoms with Crippen LogP contribution in [0.25, 0.3) is 0 Å². The molecular weight excluding hydrogens is 330 g/mol. The molecule has 9 heteroatoms. The van der Waals surface area contributed by atoms with Gasteiger partial charge in [-0.1, -0.05) is 19.0 Å². The molecule has 0 bridgehead atoms. The Kier molecular flexibility index (Phi) is 8.20. The fourth-order valence-corrected chi connectivity index (χ4v) is 2.79. The molecule has 0 fully saturated rings. The number of aliphatic imine (C=N–C) groups is 1. The lowest BCUT2D eigenvalue weighted by molar-refractivity contribution is 0.372. The first-order valence-corrected chi connectivity index (χ1v) is 9.75. The highest BCUT2D eigenvalue weighted by molar-refractivity contribution is 7.89. The zero-order valence-corrected chi connectivity index (χ0v) is 16.0. The van der Waals surface area contributed by atoms with E-state index in [9.17, 15) is 8.42 Å². The maximum atomic E-state index is 11.6. The van der Waals surface area contributed by atoms with E-state index in [0.717, 1.165) is 11.5 Å². The van der Waals surface area contributed by atoms with Crippen LogP contribution in [0, 0.1) is 0 Å². The highest BCUT2D eigenvalue weighted by Gasteiger charge is 2.14. The molecule has 0 radical (unpaired) electrons. The van der Waals surface area contributed by atoms with Gasteiger partial charge in [0.25, 0.3) is 0 Å². The third-order valence-corrected chi connectivity index (χ3v) is 5.47. The molecule has 0 aromatic carbocycles. The molecule has 24 heavy (non-hydrogen) atoms. The standard InChI is InChI=1S/C15H29N5O3S/c1-6-24(21,22)20(5)9-7-8-17-15(16-4)18-11-13-10-14(12(2)3)19-23-13/h10,12H,6-9,11H2,1-5H3,(H2,16,17,18). The number of nitrogens with zero attached hydrogens (tertiary/aromatic N) is 3. The fourth-order valence-electron chi connectivity index (χ4n) is 1.94. The van der Waals surface area contributed by atoms with E-state index >= 15 is 0 Å². The summed E-state index contributed by atoms with van der Waals surface area (Å²) in [5.41, 5.74) is 0.926. The average Bonchev–Trinajstić information content (AvgIpc) is 3.03. The summed E-state index contributed by atoms with van der Waals surface area (Å²) >= 11 is 0. The lowest BCUT2D eigenvalue weighted by atomic mass is 10.1. The second-order valence-corrected chi connectivity index (χ2v) is 8.17. The molecule has 1 rings (SSSR count). The van der Waals surface area contributed by atoms with Gasteiger partial charge >= 0.3 is 0 Å². The van der Waals surface area contributed by atoms with Crippen molar-refractivity contribution < 1.29 is 12.9 Å². The number of sulfonamides is 1. The molecule has 138 valence electrons. The van der Waals surface area contributed by atoms with Crippen LogP contribution in [0.1, 0.15) is 44.6 Å². The van der Waals surface area contributed by atoms with Gasteiger partial charge in [0.1, 0.15) is 0 Å². The third kappa shape index (κ3) is 6.48. The van der Waals surface area contributed by atoms with E-state index in [0.29, 0.717) is 37.9 Å². The topological polar surface area (TPSA) is 99.8 Å². The Morgan fingerprint density at radius 1 is 1.42 bits per heavy atom. The molecule has 0 amide bonds. The number of nitrogens with one attached hydrogen (secondary N) is 2. The van der Waals surface area contributed by atoms with Gasteiger partial charge in [-0.25, -0.2) is 12.7 Å². The first-order chi connectivity index (χ1) is 11.3. The van der Waals surface area contributed by atoms with Crippen LogP contribution in [-0.2, 0) is 16.6 Å². The quantitative estimate of drug-likeness (QED) is 0.390. The Hall–Kier alpha value is -1.61. The smallest absolute Gasteiger partial charge is 0.213 e. The molecule has 1 aromatic rings. The molecule has 0 atom stereocenters. The van der Waals surface area contributed by atoms with Crippen molar-refractivity contribution in [1.29, 1.82) is 0 Å². The molecule has 0 spiro atoms. The summed E-state index contributed by atoms with van der Waals surface area (Å²) in [4.78, 5) is 4.13. The minimum Gasteiger partial charge on any atom is -0.359 e. The minimum atomic E-state index is -3.12. The van der Waals surface area contributed by atoms with Crippen molar-refractivity contribution in [1.82, 2.24) is 20.1 Å². The zero-order chi connectivity index (χ0) is 18.2. The highest BCUT2D eigenvalue weighted by Crippen LogP contribution is 2.13. The Balaban J connectivity index is 2.33. The number of aromatic nitrogens is 1. The second-order valence-electron chi connectivity index (χ2n) is 5.80. The highest BCUT2D eigenvalue weighted by atomic mass is 32.2. The zero-order valence-electron chi connectivity index (χ0n) is 15.2. The normalized spacial score (nSPS) is 12.9. The van der Waals surface area contributed by atoms with E-state index in [4.69, 9.17) is 4.52 Å². The summed E-state index contributed by atoms with van der Waals surface area (Å²) in [6.45, 7) is 7.35. The van der Waals surface area contributed by atoms with Crippen LogP contribution < -0.4 is 10.6 Å². The monoisotopic (exact) mass is 359 g/mol. The van der Waals surface area contributed by atoms with Gasteiger partial charge in [-0.05, 0) is 19.3 Å². The number of guanidine groups is 1. The molecular formula is C15H29N5O3S. The predicted octanol–water partition coefficient (Wildman–Crippen LogP) is 1.13. The van der Waals surface area contributed by atoms with E-state index in [-0.39, 0.29) is 5.75 Å². The molecule has 1 heterocycles. The molecule has 1 aromatic heterocycles. The Labute approximate surface area is 144 Å². The molecule has 0 aliphatic heterocycles. The van der Waals surface area contributed by atoms with E-state index in [1.165, 1.54) is 4.31 Å². The van der Waals surface area contributed by atoms with Gasteiger partial charge in [-0.15, -0.1) is 0 Å². The number of hydrogen-bond donors (Lipinski definition) is 2. The van der Waals surface area contributed by atoms with Crippen LogP contribution in [0.15, 0.2) is 15.6 Å². The van der Waals surface area contributed by atoms with Crippen molar-refractivity contribution in [2.75, 3.05) is 32.9 Å². The molecule has 0 aliphatic carbocycles. The largest absolute Gasteiger partial charge is 0.359 e. The van der Waals surface area contributed by atoms with Crippen LogP contribution in [0.2, 0.25) is 0 Å². The van der Waals surface area contributed by atoms with Gasteiger partial charge in [0.2, 0.25) is 10.0 Å². The predicted molar refractivity (Wildman–Crippen MR) is 95.5 cm³/mol. The van der Waals surface area contributed by atoms with E-state index in [1.807, 2.05) is 6.07 Å². The average molecular weight is 359 g/mol. The van der Waals surface area contributed by atoms with Gasteiger partial charge in [0.05, 0.1) is 18.0 Å². The van der Waals surface area contributed by atoms with Crippen LogP contribution >= 0.6 is 0 Å². The van der Waals surface area contributed by atoms with Crippen molar-refractivity contribution in [3.8, 4) is 0 Å². The van der Waals surface area contributed by atoms with E-state index in [2.05, 4.69) is 34.6 Å². The number of hydrogen-bond acceptors (Lipinski definition) is 5. The van der Waals surface area contributed by atoms with Gasteiger partial charge in [0, 0.05) is 33.3 Å². The summed E-state index contributed by atoms with van der Waals surface area (Å²) in [5, 5.41) is 10.3. The first-order valence-electron chi connectivity index (χ1n) is 8.14. The molecule has 2 N–H and O–H groups in total. The summed E-state index contributed by atoms with van der Waals surface area (Å²) in [7, 11) is 0.168. The first kappa shape index (κ1) is 20.4. The lowest BCUT2D eigenvalue weighted by Gasteiger charge is -2.16. The maximum Gasteiger partial charge on any atom is 0.213 e. The van der Waals surface area contributed by atoms with Crippen LogP contribution in [0.3, 0.4) is 0 Å². The summed E-state index contributed by atoms with van der Waals surface area (Å²) in [6, 6.07) is 1.93. The fraction of sp³-hybridized carbons (Fsp3) is 0.733. The lowest BCUT2D eigenvalue weighted by Crippen LogP contribution is -2.38. The van der Waals surface area contributed by atoms with Crippen molar-refractivity contribution in [2.45, 2.75) is 39.7 Å². The molecule has 0 unspecified atom stereocenters. The molecule has 0 aliphatic rings. The summed E-state index contributed by atoms with van der Waals surface area (Å²) in [5.74, 6) is 1.83. The third-order valence-electron chi connectivity index (χ3n) is 3.60. The van der Waals surface area contributed by atoms with Gasteiger partial charge in [-0.2, -0.15) is 0 Å². The van der Waals surface area contributed by atoms with Crippen molar-refractivity contribution >= 4 is 16.0 Å². The minimum absolute atomic E-state index is 0.121. The molecule has 0 saturated heterocycles. The van der Waals surface area contributed by atoms with Gasteiger partial charge in [-0.3, -0.25) is 4.99 Å². The van der Waals surface area contributed by atoms with Crippen molar-refractivity contribution in [3.63, 3.8) is 0 Å². The van der Waals surface area contributed by atoms with Gasteiger partial charge in [0.15, 0.2) is 11.7 Å². The van der Waals surface area contributed by atoms with Crippen LogP contribution in [-0.4, -0.2) is 56.8 Å². The SMILES string of the molecule is CCS(=O)(=O)N(C)CCCNC(=NC)NCc1cc(C(C)C)no1. The van der Waals surface area contributed by atoms with Crippen molar-refractivity contribution in [3.05, 3.63) is 17.5 Å². The Morgan fingerprint density at radius 2 is 2.12 bits per heavy atom. The summed E-state index contributed by atoms with van der Waals surface area (Å²) in [6.07, 6.45) is 0.691. The maximum absolute atomic E-state index is 11.6. The van der Waals surface area contributed by atoms with Crippen molar-refractivity contribution in [2.24, 2.45) is 4.99 Å². The van der Waals surface area contributed by atoms with E-state index < -0.39 is 10.0 Å². The Bertz CT molecular complexity index is 625. The number of rotatable bonds is 9. The van der Waals surface area contributed by atoms with Crippen LogP contribution in [0.4, 0.5) is 0 Å².